The molecule has 0 spiro atoms. The monoisotopic (exact) mass is 366 g/mol. The minimum Gasteiger partial charge on any atom is -0.497 e. The van der Waals surface area contributed by atoms with Crippen LogP contribution < -0.4 is 10.1 Å². The molecule has 1 amide bonds. The third-order valence-electron chi connectivity index (χ3n) is 4.94. The zero-order valence-electron chi connectivity index (χ0n) is 14.9. The molecule has 1 aliphatic rings. The quantitative estimate of drug-likeness (QED) is 0.720. The topological polar surface area (TPSA) is 64.4 Å². The van der Waals surface area contributed by atoms with Crippen LogP contribution in [0.4, 0.5) is 4.39 Å². The molecule has 5 nitrogen and oxygen atoms in total. The number of ether oxygens (including phenoxy) is 1. The number of halogens is 1. The van der Waals surface area contributed by atoms with Crippen LogP contribution in [0.1, 0.15) is 24.1 Å². The van der Waals surface area contributed by atoms with E-state index in [0.717, 1.165) is 5.56 Å². The van der Waals surface area contributed by atoms with Crippen molar-refractivity contribution in [2.45, 2.75) is 24.8 Å². The number of nitrogens with zero attached hydrogens (tertiary/aromatic N) is 1. The molecule has 1 aliphatic carbocycles. The summed E-state index contributed by atoms with van der Waals surface area (Å²) in [4.78, 5) is 12.7. The van der Waals surface area contributed by atoms with Crippen LogP contribution in [0.3, 0.4) is 0 Å². The van der Waals surface area contributed by atoms with Gasteiger partial charge in [0.2, 0.25) is 5.91 Å². The number of rotatable bonds is 6. The van der Waals surface area contributed by atoms with Gasteiger partial charge < -0.3 is 14.6 Å². The molecule has 6 heteroatoms. The van der Waals surface area contributed by atoms with E-state index < -0.39 is 5.41 Å². The predicted octanol–water partition coefficient (Wildman–Crippen LogP) is 3.84. The number of aromatic nitrogens is 1. The second-order valence-corrected chi connectivity index (χ2v) is 6.66. The van der Waals surface area contributed by atoms with Gasteiger partial charge in [0, 0.05) is 23.7 Å². The molecule has 1 N–H and O–H groups in total. The Morgan fingerprint density at radius 1 is 1.22 bits per heavy atom. The van der Waals surface area contributed by atoms with E-state index in [1.165, 1.54) is 6.07 Å². The molecule has 1 saturated carbocycles. The average Bonchev–Trinajstić information content (AvgIpc) is 3.36. The van der Waals surface area contributed by atoms with Gasteiger partial charge in [-0.25, -0.2) is 4.39 Å². The van der Waals surface area contributed by atoms with Gasteiger partial charge in [0.1, 0.15) is 11.6 Å². The van der Waals surface area contributed by atoms with Crippen molar-refractivity contribution in [2.24, 2.45) is 0 Å². The van der Waals surface area contributed by atoms with Crippen LogP contribution in [0.5, 0.6) is 5.75 Å². The van der Waals surface area contributed by atoms with Gasteiger partial charge in [0.25, 0.3) is 0 Å². The van der Waals surface area contributed by atoms with Crippen LogP contribution in [0.15, 0.2) is 59.1 Å². The number of hydrogen-bond acceptors (Lipinski definition) is 4. The van der Waals surface area contributed by atoms with Crippen LogP contribution >= 0.6 is 0 Å². The summed E-state index contributed by atoms with van der Waals surface area (Å²) in [5, 5.41) is 6.95. The Balaban J connectivity index is 1.50. The predicted molar refractivity (Wildman–Crippen MR) is 97.6 cm³/mol. The van der Waals surface area contributed by atoms with Crippen molar-refractivity contribution in [2.75, 3.05) is 7.11 Å². The molecule has 0 aliphatic heterocycles. The summed E-state index contributed by atoms with van der Waals surface area (Å²) < 4.78 is 24.4. The lowest BCUT2D eigenvalue weighted by molar-refractivity contribution is -0.123. The second-order valence-electron chi connectivity index (χ2n) is 6.66. The van der Waals surface area contributed by atoms with E-state index in [-0.39, 0.29) is 18.3 Å². The lowest BCUT2D eigenvalue weighted by Crippen LogP contribution is -2.34. The van der Waals surface area contributed by atoms with Crippen molar-refractivity contribution >= 4 is 5.91 Å². The highest BCUT2D eigenvalue weighted by Crippen LogP contribution is 2.48. The SMILES string of the molecule is COc1cccc(-c2cc(C3(C(=O)NCc4ccccc4F)CC3)no2)c1. The molecule has 1 aromatic heterocycles. The maximum Gasteiger partial charge on any atom is 0.232 e. The fraction of sp³-hybridized carbons (Fsp3) is 0.238. The molecule has 2 aromatic carbocycles. The summed E-state index contributed by atoms with van der Waals surface area (Å²) in [6, 6.07) is 15.7. The Kier molecular flexibility index (Phi) is 4.39. The van der Waals surface area contributed by atoms with Crippen LogP contribution in [0.25, 0.3) is 11.3 Å². The lowest BCUT2D eigenvalue weighted by atomic mass is 10.00. The molecule has 0 saturated heterocycles. The first-order valence-electron chi connectivity index (χ1n) is 8.76. The van der Waals surface area contributed by atoms with Gasteiger partial charge in [-0.15, -0.1) is 0 Å². The fourth-order valence-corrected chi connectivity index (χ4v) is 3.12. The van der Waals surface area contributed by atoms with E-state index in [1.807, 2.05) is 24.3 Å². The lowest BCUT2D eigenvalue weighted by Gasteiger charge is -2.12. The minimum absolute atomic E-state index is 0.147. The van der Waals surface area contributed by atoms with E-state index in [4.69, 9.17) is 9.26 Å². The van der Waals surface area contributed by atoms with Crippen LogP contribution in [-0.4, -0.2) is 18.2 Å². The maximum absolute atomic E-state index is 13.7. The highest BCUT2D eigenvalue weighted by Gasteiger charge is 2.53. The van der Waals surface area contributed by atoms with E-state index in [0.29, 0.717) is 35.6 Å². The minimum atomic E-state index is -0.689. The second kappa shape index (κ2) is 6.87. The summed E-state index contributed by atoms with van der Waals surface area (Å²) >= 11 is 0. The first-order valence-corrected chi connectivity index (χ1v) is 8.76. The molecule has 1 fully saturated rings. The van der Waals surface area contributed by atoms with Crippen molar-refractivity contribution in [3.63, 3.8) is 0 Å². The fourth-order valence-electron chi connectivity index (χ4n) is 3.12. The van der Waals surface area contributed by atoms with Gasteiger partial charge in [0.05, 0.1) is 18.2 Å². The molecule has 0 radical (unpaired) electrons. The smallest absolute Gasteiger partial charge is 0.232 e. The Morgan fingerprint density at radius 2 is 2.04 bits per heavy atom. The molecular formula is C21H19FN2O3. The summed E-state index contributed by atoms with van der Waals surface area (Å²) in [6.45, 7) is 0.147. The van der Waals surface area contributed by atoms with Crippen molar-refractivity contribution in [1.82, 2.24) is 10.5 Å². The first kappa shape index (κ1) is 17.3. The number of nitrogens with one attached hydrogen (secondary N) is 1. The van der Waals surface area contributed by atoms with Gasteiger partial charge >= 0.3 is 0 Å². The molecule has 0 bridgehead atoms. The van der Waals surface area contributed by atoms with E-state index in [1.54, 1.807) is 31.4 Å². The Bertz CT molecular complexity index is 979. The largest absolute Gasteiger partial charge is 0.497 e. The average molecular weight is 366 g/mol. The molecule has 0 unspecified atom stereocenters. The highest BCUT2D eigenvalue weighted by molar-refractivity contribution is 5.91. The summed E-state index contributed by atoms with van der Waals surface area (Å²) in [7, 11) is 1.60. The highest BCUT2D eigenvalue weighted by atomic mass is 19.1. The van der Waals surface area contributed by atoms with Crippen molar-refractivity contribution in [1.29, 1.82) is 0 Å². The maximum atomic E-state index is 13.7. The van der Waals surface area contributed by atoms with Crippen LogP contribution in [-0.2, 0) is 16.8 Å². The zero-order valence-corrected chi connectivity index (χ0v) is 14.9. The Morgan fingerprint density at radius 3 is 2.78 bits per heavy atom. The molecule has 4 rings (SSSR count). The van der Waals surface area contributed by atoms with Gasteiger partial charge in [-0.05, 0) is 31.0 Å². The Labute approximate surface area is 156 Å². The van der Waals surface area contributed by atoms with Gasteiger partial charge in [0.15, 0.2) is 5.76 Å². The first-order chi connectivity index (χ1) is 13.1. The standard InChI is InChI=1S/C21H19FN2O3/c1-26-16-7-4-6-14(11-16)18-12-19(24-27-18)21(9-10-21)20(25)23-13-15-5-2-3-8-17(15)22/h2-8,11-12H,9-10,13H2,1H3,(H,23,25). The number of carbonyl (C=O) groups is 1. The zero-order chi connectivity index (χ0) is 18.9. The van der Waals surface area contributed by atoms with E-state index in [9.17, 15) is 9.18 Å². The number of benzene rings is 2. The number of carbonyl (C=O) groups excluding carboxylic acids is 1. The van der Waals surface area contributed by atoms with Gasteiger partial charge in [-0.3, -0.25) is 4.79 Å². The van der Waals surface area contributed by atoms with Crippen LogP contribution in [0.2, 0.25) is 0 Å². The third-order valence-corrected chi connectivity index (χ3v) is 4.94. The molecule has 0 atom stereocenters. The molecule has 3 aromatic rings. The number of methoxy groups -OCH3 is 1. The molecule has 27 heavy (non-hydrogen) atoms. The third kappa shape index (κ3) is 3.30. The molecule has 1 heterocycles. The van der Waals surface area contributed by atoms with E-state index >= 15 is 0 Å². The van der Waals surface area contributed by atoms with Crippen LogP contribution in [0, 0.1) is 5.82 Å². The molecular weight excluding hydrogens is 347 g/mol. The van der Waals surface area contributed by atoms with Gasteiger partial charge in [-0.2, -0.15) is 0 Å². The van der Waals surface area contributed by atoms with Crippen molar-refractivity contribution < 1.29 is 18.4 Å². The van der Waals surface area contributed by atoms with Crippen molar-refractivity contribution in [3.05, 3.63) is 71.7 Å². The number of hydrogen-bond donors (Lipinski definition) is 1. The molecule has 138 valence electrons. The van der Waals surface area contributed by atoms with Gasteiger partial charge in [-0.1, -0.05) is 35.5 Å². The van der Waals surface area contributed by atoms with Crippen molar-refractivity contribution in [3.8, 4) is 17.1 Å². The summed E-state index contributed by atoms with van der Waals surface area (Å²) in [6.07, 6.45) is 1.39. The summed E-state index contributed by atoms with van der Waals surface area (Å²) in [5.41, 5.74) is 1.20. The number of amides is 1. The van der Waals surface area contributed by atoms with E-state index in [2.05, 4.69) is 10.5 Å². The Hall–Kier alpha value is -3.15. The normalized spacial score (nSPS) is 14.6. The summed E-state index contributed by atoms with van der Waals surface area (Å²) in [5.74, 6) is 0.812.